The number of hydrogen-bond donors (Lipinski definition) is 2. The normalized spacial score (nSPS) is 14.7. The van der Waals surface area contributed by atoms with Crippen LogP contribution in [-0.4, -0.2) is 84.2 Å². The van der Waals surface area contributed by atoms with E-state index in [0.717, 1.165) is 5.69 Å². The maximum Gasteiger partial charge on any atom is 0.410 e. The third kappa shape index (κ3) is 7.88. The van der Waals surface area contributed by atoms with Crippen molar-refractivity contribution in [2.24, 2.45) is 4.99 Å². The van der Waals surface area contributed by atoms with Crippen molar-refractivity contribution < 1.29 is 14.3 Å². The molecule has 9 nitrogen and oxygen atoms in total. The second-order valence-electron chi connectivity index (χ2n) is 8.31. The molecule has 0 spiro atoms. The minimum atomic E-state index is -0.505. The first-order chi connectivity index (χ1) is 14.2. The van der Waals surface area contributed by atoms with Crippen molar-refractivity contribution >= 4 is 18.0 Å². The lowest BCUT2D eigenvalue weighted by atomic mass is 10.1. The average Bonchev–Trinajstić information content (AvgIpc) is 2.65. The maximum absolute atomic E-state index is 12.4. The molecule has 2 amide bonds. The summed E-state index contributed by atoms with van der Waals surface area (Å²) in [5.74, 6) is 0.505. The Kier molecular flexibility index (Phi) is 8.44. The molecule has 2 heterocycles. The quantitative estimate of drug-likeness (QED) is 0.511. The molecule has 1 saturated heterocycles. The second kappa shape index (κ2) is 10.8. The van der Waals surface area contributed by atoms with E-state index < -0.39 is 5.60 Å². The molecule has 0 bridgehead atoms. The standard InChI is InChI=1S/C21H34N6O3/c1-6-22-19(25-17-14-27(15-17)20(29)30-21(2,3)4)24-13-18(28)26(5)12-10-16-9-7-8-11-23-16/h7-9,11,17H,6,10,12-15H2,1-5H3,(H2,22,24,25). The van der Waals surface area contributed by atoms with Gasteiger partial charge in [-0.05, 0) is 39.8 Å². The lowest BCUT2D eigenvalue weighted by Gasteiger charge is -2.40. The van der Waals surface area contributed by atoms with Gasteiger partial charge in [-0.2, -0.15) is 0 Å². The number of guanidine groups is 1. The number of nitrogens with one attached hydrogen (secondary N) is 2. The molecular weight excluding hydrogens is 384 g/mol. The summed E-state index contributed by atoms with van der Waals surface area (Å²) in [6.07, 6.45) is 2.14. The number of nitrogens with zero attached hydrogens (tertiary/aromatic N) is 4. The van der Waals surface area contributed by atoms with Crippen LogP contribution in [0.5, 0.6) is 0 Å². The number of likely N-dealkylation sites (N-methyl/N-ethyl adjacent to an activating group) is 1. The minimum absolute atomic E-state index is 0.0521. The van der Waals surface area contributed by atoms with Crippen molar-refractivity contribution in [2.45, 2.75) is 45.8 Å². The predicted molar refractivity (Wildman–Crippen MR) is 116 cm³/mol. The lowest BCUT2D eigenvalue weighted by molar-refractivity contribution is -0.128. The summed E-state index contributed by atoms with van der Waals surface area (Å²) in [7, 11) is 1.77. The first kappa shape index (κ1) is 23.4. The van der Waals surface area contributed by atoms with E-state index in [1.54, 1.807) is 23.0 Å². The molecule has 1 aliphatic rings. The molecule has 2 N–H and O–H groups in total. The third-order valence-corrected chi connectivity index (χ3v) is 4.45. The smallest absolute Gasteiger partial charge is 0.410 e. The zero-order valence-electron chi connectivity index (χ0n) is 18.6. The molecule has 9 heteroatoms. The van der Waals surface area contributed by atoms with Crippen LogP contribution in [0, 0.1) is 0 Å². The van der Waals surface area contributed by atoms with Gasteiger partial charge in [0.25, 0.3) is 0 Å². The number of likely N-dealkylation sites (tertiary alicyclic amines) is 1. The van der Waals surface area contributed by atoms with Crippen LogP contribution in [0.2, 0.25) is 0 Å². The maximum atomic E-state index is 12.4. The van der Waals surface area contributed by atoms with E-state index in [-0.39, 0.29) is 24.6 Å². The Labute approximate surface area is 178 Å². The van der Waals surface area contributed by atoms with E-state index in [1.807, 2.05) is 45.9 Å². The van der Waals surface area contributed by atoms with Crippen LogP contribution in [0.3, 0.4) is 0 Å². The first-order valence-electron chi connectivity index (χ1n) is 10.3. The van der Waals surface area contributed by atoms with Crippen molar-refractivity contribution in [3.8, 4) is 0 Å². The fourth-order valence-electron chi connectivity index (χ4n) is 2.78. The molecular formula is C21H34N6O3. The molecule has 1 fully saturated rings. The molecule has 0 unspecified atom stereocenters. The molecule has 0 saturated carbocycles. The van der Waals surface area contributed by atoms with Crippen LogP contribution in [0.15, 0.2) is 29.4 Å². The molecule has 1 aromatic rings. The number of ether oxygens (including phenoxy) is 1. The van der Waals surface area contributed by atoms with Crippen LogP contribution in [0.1, 0.15) is 33.4 Å². The topological polar surface area (TPSA) is 99.2 Å². The highest BCUT2D eigenvalue weighted by atomic mass is 16.6. The highest BCUT2D eigenvalue weighted by Gasteiger charge is 2.34. The predicted octanol–water partition coefficient (Wildman–Crippen LogP) is 1.26. The number of hydrogen-bond acceptors (Lipinski definition) is 5. The van der Waals surface area contributed by atoms with Gasteiger partial charge in [0.05, 0.1) is 6.04 Å². The van der Waals surface area contributed by atoms with Gasteiger partial charge in [-0.15, -0.1) is 0 Å². The van der Waals surface area contributed by atoms with Crippen LogP contribution >= 0.6 is 0 Å². The van der Waals surface area contributed by atoms with Crippen molar-refractivity contribution in [1.29, 1.82) is 0 Å². The molecule has 0 aliphatic carbocycles. The van der Waals surface area contributed by atoms with E-state index >= 15 is 0 Å². The summed E-state index contributed by atoms with van der Waals surface area (Å²) in [5, 5.41) is 6.40. The molecule has 0 aromatic carbocycles. The number of rotatable bonds is 7. The minimum Gasteiger partial charge on any atom is -0.444 e. The highest BCUT2D eigenvalue weighted by molar-refractivity contribution is 5.85. The SMILES string of the molecule is CCNC(=NCC(=O)N(C)CCc1ccccn1)NC1CN(C(=O)OC(C)(C)C)C1. The molecule has 0 atom stereocenters. The van der Waals surface area contributed by atoms with Crippen LogP contribution in [0.4, 0.5) is 4.79 Å². The molecule has 30 heavy (non-hydrogen) atoms. The van der Waals surface area contributed by atoms with E-state index in [9.17, 15) is 9.59 Å². The molecule has 1 aliphatic heterocycles. The fourth-order valence-corrected chi connectivity index (χ4v) is 2.78. The summed E-state index contributed by atoms with van der Waals surface area (Å²) in [5.41, 5.74) is 0.449. The van der Waals surface area contributed by atoms with Crippen molar-refractivity contribution in [3.63, 3.8) is 0 Å². The van der Waals surface area contributed by atoms with E-state index in [4.69, 9.17) is 4.74 Å². The van der Waals surface area contributed by atoms with Gasteiger partial charge in [0.15, 0.2) is 5.96 Å². The molecule has 0 radical (unpaired) electrons. The van der Waals surface area contributed by atoms with Gasteiger partial charge in [0.1, 0.15) is 12.1 Å². The number of aliphatic imine (C=N–C) groups is 1. The number of carbonyl (C=O) groups is 2. The van der Waals surface area contributed by atoms with E-state index in [0.29, 0.717) is 38.6 Å². The molecule has 1 aromatic heterocycles. The Morgan fingerprint density at radius 1 is 1.33 bits per heavy atom. The Balaban J connectivity index is 1.77. The number of pyridine rings is 1. The Morgan fingerprint density at radius 3 is 2.67 bits per heavy atom. The fraction of sp³-hybridized carbons (Fsp3) is 0.619. The van der Waals surface area contributed by atoms with Crippen molar-refractivity contribution in [2.75, 3.05) is 39.8 Å². The van der Waals surface area contributed by atoms with Gasteiger partial charge >= 0.3 is 6.09 Å². The monoisotopic (exact) mass is 418 g/mol. The highest BCUT2D eigenvalue weighted by Crippen LogP contribution is 2.15. The number of carbonyl (C=O) groups excluding carboxylic acids is 2. The van der Waals surface area contributed by atoms with E-state index in [1.165, 1.54) is 0 Å². The number of aromatic nitrogens is 1. The van der Waals surface area contributed by atoms with Crippen molar-refractivity contribution in [3.05, 3.63) is 30.1 Å². The van der Waals surface area contributed by atoms with Crippen LogP contribution < -0.4 is 10.6 Å². The van der Waals surface area contributed by atoms with Gasteiger partial charge in [-0.1, -0.05) is 6.07 Å². The Morgan fingerprint density at radius 2 is 2.07 bits per heavy atom. The second-order valence-corrected chi connectivity index (χ2v) is 8.31. The van der Waals surface area contributed by atoms with Crippen LogP contribution in [0.25, 0.3) is 0 Å². The van der Waals surface area contributed by atoms with Crippen molar-refractivity contribution in [1.82, 2.24) is 25.4 Å². The largest absolute Gasteiger partial charge is 0.444 e. The number of amides is 2. The summed E-state index contributed by atoms with van der Waals surface area (Å²) in [6.45, 7) is 9.90. The average molecular weight is 419 g/mol. The van der Waals surface area contributed by atoms with E-state index in [2.05, 4.69) is 20.6 Å². The van der Waals surface area contributed by atoms with Gasteiger partial charge in [-0.3, -0.25) is 9.78 Å². The van der Waals surface area contributed by atoms with Crippen LogP contribution in [-0.2, 0) is 16.0 Å². The summed E-state index contributed by atoms with van der Waals surface area (Å²) in [4.78, 5) is 36.4. The summed E-state index contributed by atoms with van der Waals surface area (Å²) < 4.78 is 5.36. The summed E-state index contributed by atoms with van der Waals surface area (Å²) >= 11 is 0. The molecule has 166 valence electrons. The first-order valence-corrected chi connectivity index (χ1v) is 10.3. The lowest BCUT2D eigenvalue weighted by Crippen LogP contribution is -2.63. The zero-order valence-corrected chi connectivity index (χ0v) is 18.6. The zero-order chi connectivity index (χ0) is 22.1. The van der Waals surface area contributed by atoms with Gasteiger partial charge in [0, 0.05) is 51.5 Å². The van der Waals surface area contributed by atoms with Gasteiger partial charge < -0.3 is 25.2 Å². The molecule has 2 rings (SSSR count). The summed E-state index contributed by atoms with van der Waals surface area (Å²) in [6, 6.07) is 5.83. The Hall–Kier alpha value is -2.84. The Bertz CT molecular complexity index is 726. The third-order valence-electron chi connectivity index (χ3n) is 4.45. The van der Waals surface area contributed by atoms with Gasteiger partial charge in [0.2, 0.25) is 5.91 Å². The van der Waals surface area contributed by atoms with Gasteiger partial charge in [-0.25, -0.2) is 9.79 Å².